The third-order valence-electron chi connectivity index (χ3n) is 3.73. The Morgan fingerprint density at radius 1 is 1.31 bits per heavy atom. The van der Waals surface area contributed by atoms with Crippen LogP contribution in [0.25, 0.3) is 0 Å². The smallest absolute Gasteiger partial charge is 0.0838 e. The van der Waals surface area contributed by atoms with Crippen LogP contribution in [-0.4, -0.2) is 18.2 Å². The van der Waals surface area contributed by atoms with Crippen molar-refractivity contribution in [3.8, 4) is 0 Å². The second kappa shape index (κ2) is 2.96. The number of hydrogen-bond acceptors (Lipinski definition) is 2. The summed E-state index contributed by atoms with van der Waals surface area (Å²) in [6.45, 7) is 5.54. The van der Waals surface area contributed by atoms with Crippen LogP contribution in [-0.2, 0) is 4.74 Å². The topological polar surface area (TPSA) is 35.2 Å². The van der Waals surface area contributed by atoms with E-state index in [-0.39, 0.29) is 11.6 Å². The molecule has 2 atom stereocenters. The lowest BCUT2D eigenvalue weighted by Crippen LogP contribution is -2.50. The first-order valence-electron chi connectivity index (χ1n) is 5.44. The molecule has 0 radical (unpaired) electrons. The zero-order valence-corrected chi connectivity index (χ0v) is 8.81. The Kier molecular flexibility index (Phi) is 2.16. The van der Waals surface area contributed by atoms with E-state index in [0.717, 1.165) is 19.4 Å². The Hall–Kier alpha value is -0.0800. The molecular weight excluding hydrogens is 162 g/mol. The van der Waals surface area contributed by atoms with Gasteiger partial charge in [-0.25, -0.2) is 0 Å². The zero-order chi connectivity index (χ0) is 9.53. The minimum absolute atomic E-state index is 0.0434. The van der Waals surface area contributed by atoms with Gasteiger partial charge in [0.1, 0.15) is 0 Å². The van der Waals surface area contributed by atoms with Gasteiger partial charge in [-0.3, -0.25) is 0 Å². The van der Waals surface area contributed by atoms with E-state index >= 15 is 0 Å². The second-order valence-corrected chi connectivity index (χ2v) is 5.50. The number of rotatable bonds is 0. The van der Waals surface area contributed by atoms with Crippen molar-refractivity contribution in [2.75, 3.05) is 6.61 Å². The third kappa shape index (κ3) is 1.62. The average Bonchev–Trinajstić information content (AvgIpc) is 2.31. The molecule has 13 heavy (non-hydrogen) atoms. The van der Waals surface area contributed by atoms with Gasteiger partial charge >= 0.3 is 0 Å². The summed E-state index contributed by atoms with van der Waals surface area (Å²) >= 11 is 0. The minimum Gasteiger partial charge on any atom is -0.373 e. The predicted octanol–water partition coefficient (Wildman–Crippen LogP) is 2.07. The van der Waals surface area contributed by atoms with Gasteiger partial charge in [-0.05, 0) is 37.5 Å². The van der Waals surface area contributed by atoms with Crippen LogP contribution in [0.5, 0.6) is 0 Å². The molecule has 1 aliphatic carbocycles. The Labute approximate surface area is 80.8 Å². The molecule has 1 heterocycles. The molecule has 2 fully saturated rings. The molecule has 2 nitrogen and oxygen atoms in total. The van der Waals surface area contributed by atoms with Gasteiger partial charge in [0.15, 0.2) is 0 Å². The van der Waals surface area contributed by atoms with Gasteiger partial charge < -0.3 is 10.5 Å². The van der Waals surface area contributed by atoms with Crippen LogP contribution in [0.15, 0.2) is 0 Å². The van der Waals surface area contributed by atoms with Crippen LogP contribution in [0.2, 0.25) is 0 Å². The molecule has 2 aliphatic rings. The SMILES string of the molecule is CC1(C)CCCC2(C1)OCCC2N. The maximum absolute atomic E-state index is 6.14. The summed E-state index contributed by atoms with van der Waals surface area (Å²) in [6, 6.07) is 0.284. The Balaban J connectivity index is 2.14. The van der Waals surface area contributed by atoms with Crippen molar-refractivity contribution in [2.45, 2.75) is 57.6 Å². The van der Waals surface area contributed by atoms with E-state index in [1.165, 1.54) is 19.3 Å². The summed E-state index contributed by atoms with van der Waals surface area (Å²) < 4.78 is 5.90. The van der Waals surface area contributed by atoms with E-state index in [2.05, 4.69) is 13.8 Å². The molecule has 0 aromatic heterocycles. The van der Waals surface area contributed by atoms with Crippen LogP contribution < -0.4 is 5.73 Å². The fourth-order valence-corrected chi connectivity index (χ4v) is 3.05. The highest BCUT2D eigenvalue weighted by molar-refractivity contribution is 5.01. The van der Waals surface area contributed by atoms with Crippen LogP contribution >= 0.6 is 0 Å². The zero-order valence-electron chi connectivity index (χ0n) is 8.81. The van der Waals surface area contributed by atoms with Crippen molar-refractivity contribution in [1.82, 2.24) is 0 Å². The van der Waals surface area contributed by atoms with Crippen LogP contribution in [0.3, 0.4) is 0 Å². The first-order chi connectivity index (χ1) is 6.04. The molecule has 76 valence electrons. The van der Waals surface area contributed by atoms with Gasteiger partial charge in [0.05, 0.1) is 5.60 Å². The molecule has 1 spiro atoms. The van der Waals surface area contributed by atoms with Crippen molar-refractivity contribution in [1.29, 1.82) is 0 Å². The van der Waals surface area contributed by atoms with Gasteiger partial charge in [-0.15, -0.1) is 0 Å². The van der Waals surface area contributed by atoms with Gasteiger partial charge in [0.2, 0.25) is 0 Å². The summed E-state index contributed by atoms with van der Waals surface area (Å²) in [4.78, 5) is 0. The van der Waals surface area contributed by atoms with Gasteiger partial charge in [0.25, 0.3) is 0 Å². The maximum atomic E-state index is 6.14. The molecule has 1 aliphatic heterocycles. The van der Waals surface area contributed by atoms with Crippen molar-refractivity contribution < 1.29 is 4.74 Å². The first-order valence-corrected chi connectivity index (χ1v) is 5.44. The summed E-state index contributed by atoms with van der Waals surface area (Å²) in [6.07, 6.45) is 5.99. The molecule has 0 aromatic carbocycles. The third-order valence-corrected chi connectivity index (χ3v) is 3.73. The summed E-state index contributed by atoms with van der Waals surface area (Å²) in [5, 5.41) is 0. The Morgan fingerprint density at radius 3 is 2.62 bits per heavy atom. The largest absolute Gasteiger partial charge is 0.373 e. The minimum atomic E-state index is 0.0434. The first kappa shape index (κ1) is 9.47. The van der Waals surface area contributed by atoms with Gasteiger partial charge in [0, 0.05) is 12.6 Å². The van der Waals surface area contributed by atoms with Gasteiger partial charge in [-0.2, -0.15) is 0 Å². The van der Waals surface area contributed by atoms with Crippen molar-refractivity contribution >= 4 is 0 Å². The van der Waals surface area contributed by atoms with E-state index in [9.17, 15) is 0 Å². The number of ether oxygens (including phenoxy) is 1. The van der Waals surface area contributed by atoms with Crippen LogP contribution in [0, 0.1) is 5.41 Å². The molecule has 2 heteroatoms. The molecule has 1 saturated carbocycles. The molecular formula is C11H21NO. The highest BCUT2D eigenvalue weighted by Gasteiger charge is 2.47. The normalized spacial score (nSPS) is 44.1. The Bertz CT molecular complexity index is 202. The fraction of sp³-hybridized carbons (Fsp3) is 1.00. The highest BCUT2D eigenvalue weighted by atomic mass is 16.5. The van der Waals surface area contributed by atoms with E-state index in [4.69, 9.17) is 10.5 Å². The molecule has 0 aromatic rings. The lowest BCUT2D eigenvalue weighted by Gasteiger charge is -2.44. The summed E-state index contributed by atoms with van der Waals surface area (Å²) in [5.74, 6) is 0. The molecule has 2 N–H and O–H groups in total. The lowest BCUT2D eigenvalue weighted by atomic mass is 9.67. The molecule has 0 amide bonds. The lowest BCUT2D eigenvalue weighted by molar-refractivity contribution is -0.0662. The second-order valence-electron chi connectivity index (χ2n) is 5.50. The van der Waals surface area contributed by atoms with E-state index in [1.807, 2.05) is 0 Å². The monoisotopic (exact) mass is 183 g/mol. The average molecular weight is 183 g/mol. The molecule has 1 saturated heterocycles. The van der Waals surface area contributed by atoms with Crippen LogP contribution in [0.1, 0.15) is 46.0 Å². The number of hydrogen-bond donors (Lipinski definition) is 1. The van der Waals surface area contributed by atoms with E-state index in [1.54, 1.807) is 0 Å². The van der Waals surface area contributed by atoms with Gasteiger partial charge in [-0.1, -0.05) is 13.8 Å². The fourth-order valence-electron chi connectivity index (χ4n) is 3.05. The highest BCUT2D eigenvalue weighted by Crippen LogP contribution is 2.46. The standard InChI is InChI=1S/C11H21NO/c1-10(2)5-3-6-11(8-10)9(12)4-7-13-11/h9H,3-8,12H2,1-2H3. The maximum Gasteiger partial charge on any atom is 0.0838 e. The Morgan fingerprint density at radius 2 is 2.08 bits per heavy atom. The quantitative estimate of drug-likeness (QED) is 0.624. The molecule has 2 unspecified atom stereocenters. The number of nitrogens with two attached hydrogens (primary N) is 1. The van der Waals surface area contributed by atoms with Crippen molar-refractivity contribution in [3.05, 3.63) is 0 Å². The summed E-state index contributed by atoms with van der Waals surface area (Å²) in [5.41, 5.74) is 6.61. The van der Waals surface area contributed by atoms with E-state index < -0.39 is 0 Å². The molecule has 2 rings (SSSR count). The van der Waals surface area contributed by atoms with Crippen LogP contribution in [0.4, 0.5) is 0 Å². The summed E-state index contributed by atoms with van der Waals surface area (Å²) in [7, 11) is 0. The predicted molar refractivity (Wildman–Crippen MR) is 53.5 cm³/mol. The van der Waals surface area contributed by atoms with Crippen molar-refractivity contribution in [2.24, 2.45) is 11.1 Å². The van der Waals surface area contributed by atoms with Crippen molar-refractivity contribution in [3.63, 3.8) is 0 Å². The molecule has 0 bridgehead atoms. The van der Waals surface area contributed by atoms with E-state index in [0.29, 0.717) is 5.41 Å².